The Hall–Kier alpha value is -3.72. The van der Waals surface area contributed by atoms with Crippen molar-refractivity contribution in [1.29, 1.82) is 0 Å². The number of para-hydroxylation sites is 1. The summed E-state index contributed by atoms with van der Waals surface area (Å²) in [6, 6.07) is 13.9. The molecule has 1 aliphatic rings. The second-order valence-electron chi connectivity index (χ2n) is 7.86. The van der Waals surface area contributed by atoms with Gasteiger partial charge in [-0.3, -0.25) is 9.89 Å². The number of anilines is 1. The van der Waals surface area contributed by atoms with Crippen LogP contribution in [0.4, 0.5) is 10.1 Å². The molecular formula is C23H23FN6O2. The molecule has 0 bridgehead atoms. The van der Waals surface area contributed by atoms with Gasteiger partial charge in [0.1, 0.15) is 22.6 Å². The highest BCUT2D eigenvalue weighted by Crippen LogP contribution is 2.28. The predicted octanol–water partition coefficient (Wildman–Crippen LogP) is 2.68. The van der Waals surface area contributed by atoms with Gasteiger partial charge < -0.3 is 14.5 Å². The van der Waals surface area contributed by atoms with Crippen LogP contribution >= 0.6 is 0 Å². The summed E-state index contributed by atoms with van der Waals surface area (Å²) < 4.78 is 20.9. The first-order valence-electron chi connectivity index (χ1n) is 10.4. The summed E-state index contributed by atoms with van der Waals surface area (Å²) in [6.45, 7) is 4.04. The Morgan fingerprint density at radius 1 is 1.06 bits per heavy atom. The predicted molar refractivity (Wildman–Crippen MR) is 121 cm³/mol. The average Bonchev–Trinajstić information content (AvgIpc) is 3.21. The zero-order valence-corrected chi connectivity index (χ0v) is 17.9. The zero-order valence-electron chi connectivity index (χ0n) is 17.9. The summed E-state index contributed by atoms with van der Waals surface area (Å²) >= 11 is 0. The number of rotatable bonds is 4. The maximum Gasteiger partial charge on any atom is 0.273 e. The van der Waals surface area contributed by atoms with Crippen molar-refractivity contribution in [1.82, 2.24) is 24.9 Å². The van der Waals surface area contributed by atoms with Gasteiger partial charge in [-0.05, 0) is 31.3 Å². The van der Waals surface area contributed by atoms with E-state index in [1.807, 2.05) is 12.1 Å². The van der Waals surface area contributed by atoms with Gasteiger partial charge in [-0.1, -0.05) is 18.2 Å². The highest BCUT2D eigenvalue weighted by molar-refractivity contribution is 5.89. The van der Waals surface area contributed by atoms with E-state index in [9.17, 15) is 9.18 Å². The van der Waals surface area contributed by atoms with Gasteiger partial charge in [-0.15, -0.1) is 0 Å². The molecule has 0 atom stereocenters. The molecule has 2 aromatic heterocycles. The number of hydrogen-bond acceptors (Lipinski definition) is 6. The summed E-state index contributed by atoms with van der Waals surface area (Å²) in [5.74, 6) is -0.375. The van der Waals surface area contributed by atoms with Crippen LogP contribution in [0, 0.1) is 5.82 Å². The topological polar surface area (TPSA) is 79.3 Å². The monoisotopic (exact) mass is 434 g/mol. The molecular weight excluding hydrogens is 411 g/mol. The molecule has 1 aliphatic heterocycles. The van der Waals surface area contributed by atoms with Crippen LogP contribution in [-0.4, -0.2) is 65.2 Å². The van der Waals surface area contributed by atoms with Crippen LogP contribution in [0.15, 0.2) is 53.3 Å². The number of hydrogen-bond donors (Lipinski definition) is 1. The van der Waals surface area contributed by atoms with E-state index in [1.165, 1.54) is 25.3 Å². The van der Waals surface area contributed by atoms with Gasteiger partial charge in [-0.25, -0.2) is 4.39 Å². The first-order valence-corrected chi connectivity index (χ1v) is 10.4. The molecule has 32 heavy (non-hydrogen) atoms. The van der Waals surface area contributed by atoms with E-state index in [0.717, 1.165) is 42.1 Å². The van der Waals surface area contributed by atoms with Crippen LogP contribution < -0.4 is 15.2 Å². The van der Waals surface area contributed by atoms with E-state index >= 15 is 0 Å². The van der Waals surface area contributed by atoms with E-state index in [-0.39, 0.29) is 11.4 Å². The minimum Gasteiger partial charge on any atom is -0.494 e. The summed E-state index contributed by atoms with van der Waals surface area (Å²) in [6.07, 6.45) is 0. The summed E-state index contributed by atoms with van der Waals surface area (Å²) in [5.41, 5.74) is 3.05. The molecule has 8 nitrogen and oxygen atoms in total. The van der Waals surface area contributed by atoms with Crippen LogP contribution in [-0.2, 0) is 0 Å². The van der Waals surface area contributed by atoms with Crippen molar-refractivity contribution < 1.29 is 9.13 Å². The lowest BCUT2D eigenvalue weighted by Gasteiger charge is -2.34. The zero-order chi connectivity index (χ0) is 22.2. The highest BCUT2D eigenvalue weighted by Gasteiger charge is 2.19. The van der Waals surface area contributed by atoms with E-state index in [1.54, 1.807) is 6.07 Å². The normalized spacial score (nSPS) is 14.8. The molecule has 2 aromatic carbocycles. The molecule has 3 heterocycles. The lowest BCUT2D eigenvalue weighted by molar-refractivity contribution is 0.313. The Morgan fingerprint density at radius 2 is 1.81 bits per heavy atom. The Balaban J connectivity index is 1.55. The third-order valence-corrected chi connectivity index (χ3v) is 5.83. The molecule has 0 amide bonds. The molecule has 0 aliphatic carbocycles. The van der Waals surface area contributed by atoms with Crippen LogP contribution in [0.3, 0.4) is 0 Å². The number of H-pyrrole nitrogens is 1. The number of likely N-dealkylation sites (N-methyl/N-ethyl adjacent to an activating group) is 1. The van der Waals surface area contributed by atoms with Crippen LogP contribution in [0.5, 0.6) is 5.75 Å². The number of ether oxygens (including phenoxy) is 1. The first-order chi connectivity index (χ1) is 15.5. The minimum absolute atomic E-state index is 0.0283. The molecule has 0 saturated carbocycles. The quantitative estimate of drug-likeness (QED) is 0.532. The largest absolute Gasteiger partial charge is 0.494 e. The number of aromatic amines is 1. The summed E-state index contributed by atoms with van der Waals surface area (Å²) in [7, 11) is 3.56. The number of fused-ring (bicyclic) bond motifs is 1. The molecule has 9 heteroatoms. The fraction of sp³-hybridized carbons (Fsp3) is 0.261. The van der Waals surface area contributed by atoms with Crippen molar-refractivity contribution in [2.75, 3.05) is 45.2 Å². The van der Waals surface area contributed by atoms with E-state index < -0.39 is 11.4 Å². The van der Waals surface area contributed by atoms with Crippen LogP contribution in [0.2, 0.25) is 0 Å². The lowest BCUT2D eigenvalue weighted by Crippen LogP contribution is -2.44. The van der Waals surface area contributed by atoms with Gasteiger partial charge in [0, 0.05) is 43.5 Å². The van der Waals surface area contributed by atoms with Gasteiger partial charge in [0.25, 0.3) is 5.56 Å². The van der Waals surface area contributed by atoms with Gasteiger partial charge in [0.2, 0.25) is 0 Å². The van der Waals surface area contributed by atoms with Gasteiger partial charge in [0.15, 0.2) is 5.82 Å². The number of nitrogens with zero attached hydrogens (tertiary/aromatic N) is 5. The number of halogens is 1. The Kier molecular flexibility index (Phi) is 5.10. The minimum atomic E-state index is -0.597. The standard InChI is InChI=1S/C23H23FN6O2/c1-28-10-12-29(13-11-28)16-8-6-15(7-9-16)21-22-18(25-26-21)14-20(31)30(27-22)23-17(24)4-3-5-19(23)32-2/h3-9,14,25H,10-13H2,1-2H3. The van der Waals surface area contributed by atoms with Crippen molar-refractivity contribution in [2.24, 2.45) is 0 Å². The molecule has 1 saturated heterocycles. The fourth-order valence-corrected chi connectivity index (χ4v) is 4.01. The maximum atomic E-state index is 14.6. The smallest absolute Gasteiger partial charge is 0.273 e. The maximum absolute atomic E-state index is 14.6. The second-order valence-corrected chi connectivity index (χ2v) is 7.86. The molecule has 0 spiro atoms. The highest BCUT2D eigenvalue weighted by atomic mass is 19.1. The van der Waals surface area contributed by atoms with Crippen molar-refractivity contribution in [3.63, 3.8) is 0 Å². The van der Waals surface area contributed by atoms with E-state index in [0.29, 0.717) is 16.7 Å². The number of piperazine rings is 1. The van der Waals surface area contributed by atoms with E-state index in [4.69, 9.17) is 4.74 Å². The number of nitrogens with one attached hydrogen (secondary N) is 1. The van der Waals surface area contributed by atoms with Crippen LogP contribution in [0.25, 0.3) is 28.0 Å². The molecule has 164 valence electrons. The average molecular weight is 434 g/mol. The molecule has 0 radical (unpaired) electrons. The number of methoxy groups -OCH3 is 1. The van der Waals surface area contributed by atoms with E-state index in [2.05, 4.69) is 44.3 Å². The molecule has 1 fully saturated rings. The summed E-state index contributed by atoms with van der Waals surface area (Å²) in [4.78, 5) is 17.3. The third kappa shape index (κ3) is 3.50. The number of benzene rings is 2. The molecule has 1 N–H and O–H groups in total. The van der Waals surface area contributed by atoms with Crippen molar-refractivity contribution in [2.45, 2.75) is 0 Å². The Morgan fingerprint density at radius 3 is 2.53 bits per heavy atom. The SMILES string of the molecule is COc1cccc(F)c1-n1nc2c(-c3ccc(N4CCN(C)CC4)cc3)n[nH]c2cc1=O. The van der Waals surface area contributed by atoms with Gasteiger partial charge >= 0.3 is 0 Å². The molecule has 4 aromatic rings. The molecule has 5 rings (SSSR count). The van der Waals surface area contributed by atoms with Crippen molar-refractivity contribution >= 4 is 16.7 Å². The lowest BCUT2D eigenvalue weighted by atomic mass is 10.1. The number of aromatic nitrogens is 4. The first kappa shape index (κ1) is 20.2. The third-order valence-electron chi connectivity index (χ3n) is 5.83. The van der Waals surface area contributed by atoms with Crippen molar-refractivity contribution in [3.05, 3.63) is 64.7 Å². The van der Waals surface area contributed by atoms with Gasteiger partial charge in [-0.2, -0.15) is 14.9 Å². The van der Waals surface area contributed by atoms with Gasteiger partial charge in [0.05, 0.1) is 12.6 Å². The fourth-order valence-electron chi connectivity index (χ4n) is 4.01. The second kappa shape index (κ2) is 8.08. The molecule has 0 unspecified atom stereocenters. The summed E-state index contributed by atoms with van der Waals surface area (Å²) in [5, 5.41) is 11.7. The van der Waals surface area contributed by atoms with Crippen LogP contribution in [0.1, 0.15) is 0 Å². The Labute approximate surface area is 183 Å². The Bertz CT molecular complexity index is 1320. The van der Waals surface area contributed by atoms with Crippen molar-refractivity contribution in [3.8, 4) is 22.7 Å².